The summed E-state index contributed by atoms with van der Waals surface area (Å²) in [6, 6.07) is 4.00. The molecule has 1 aliphatic carbocycles. The Morgan fingerprint density at radius 3 is 2.76 bits per heavy atom. The van der Waals surface area contributed by atoms with Gasteiger partial charge in [0, 0.05) is 37.1 Å². The minimum Gasteiger partial charge on any atom is -0.346 e. The lowest BCUT2D eigenvalue weighted by molar-refractivity contribution is -0.134. The molecule has 29 heavy (non-hydrogen) atoms. The first-order valence-electron chi connectivity index (χ1n) is 10.5. The van der Waals surface area contributed by atoms with E-state index in [1.807, 2.05) is 23.2 Å². The number of likely N-dealkylation sites (tertiary alicyclic amines) is 1. The van der Waals surface area contributed by atoms with E-state index in [1.54, 1.807) is 0 Å². The fourth-order valence-corrected chi connectivity index (χ4v) is 4.45. The largest absolute Gasteiger partial charge is 0.346 e. The number of nitrogens with one attached hydrogen (secondary N) is 2. The molecule has 1 saturated heterocycles. The molecule has 1 atom stereocenters. The van der Waals surface area contributed by atoms with Crippen LogP contribution in [0.5, 0.6) is 0 Å². The number of rotatable bonds is 4. The summed E-state index contributed by atoms with van der Waals surface area (Å²) < 4.78 is 0. The number of hydrogen-bond donors (Lipinski definition) is 2. The number of H-pyrrole nitrogens is 1. The van der Waals surface area contributed by atoms with Gasteiger partial charge in [0.05, 0.1) is 5.92 Å². The predicted octanol–water partition coefficient (Wildman–Crippen LogP) is 2.48. The molecule has 5 rings (SSSR count). The number of aromatic nitrogens is 2. The number of carbonyl (C=O) groups excluding carboxylic acids is 2. The van der Waals surface area contributed by atoms with Crippen LogP contribution in [0, 0.1) is 11.8 Å². The van der Waals surface area contributed by atoms with E-state index in [0.717, 1.165) is 61.9 Å². The number of fused-ring (bicyclic) bond motifs is 1. The van der Waals surface area contributed by atoms with E-state index in [0.29, 0.717) is 12.4 Å². The van der Waals surface area contributed by atoms with Crippen LogP contribution in [0.2, 0.25) is 0 Å². The van der Waals surface area contributed by atoms with Gasteiger partial charge in [0.15, 0.2) is 0 Å². The van der Waals surface area contributed by atoms with Gasteiger partial charge in [-0.3, -0.25) is 9.59 Å². The average molecular weight is 393 g/mol. The Morgan fingerprint density at radius 2 is 2.07 bits per heavy atom. The van der Waals surface area contributed by atoms with Crippen LogP contribution in [0.3, 0.4) is 0 Å². The van der Waals surface area contributed by atoms with Crippen molar-refractivity contribution < 1.29 is 9.59 Å². The van der Waals surface area contributed by atoms with Crippen molar-refractivity contribution in [3.63, 3.8) is 0 Å². The quantitative estimate of drug-likeness (QED) is 0.836. The van der Waals surface area contributed by atoms with Crippen LogP contribution >= 0.6 is 0 Å². The average Bonchev–Trinajstić information content (AvgIpc) is 3.33. The van der Waals surface area contributed by atoms with Gasteiger partial charge >= 0.3 is 0 Å². The van der Waals surface area contributed by atoms with Crippen LogP contribution in [0.4, 0.5) is 5.82 Å². The molecule has 1 saturated carbocycles. The Balaban J connectivity index is 1.36. The van der Waals surface area contributed by atoms with Crippen LogP contribution in [-0.4, -0.2) is 64.8 Å². The van der Waals surface area contributed by atoms with Gasteiger partial charge in [0.25, 0.3) is 0 Å². The van der Waals surface area contributed by atoms with Gasteiger partial charge in [-0.25, -0.2) is 4.98 Å². The molecule has 2 N–H and O–H groups in total. The molecule has 2 aromatic heterocycles. The second-order valence-corrected chi connectivity index (χ2v) is 8.57. The first kappa shape index (κ1) is 18.4. The predicted molar refractivity (Wildman–Crippen MR) is 112 cm³/mol. The molecule has 2 amide bonds. The molecule has 2 aromatic rings. The van der Waals surface area contributed by atoms with Gasteiger partial charge in [-0.05, 0) is 62.5 Å². The zero-order valence-corrected chi connectivity index (χ0v) is 16.8. The highest BCUT2D eigenvalue weighted by atomic mass is 16.2. The van der Waals surface area contributed by atoms with Gasteiger partial charge in [-0.15, -0.1) is 0 Å². The first-order chi connectivity index (χ1) is 14.1. The zero-order valence-electron chi connectivity index (χ0n) is 16.8. The summed E-state index contributed by atoms with van der Waals surface area (Å²) >= 11 is 0. The lowest BCUT2D eigenvalue weighted by Crippen LogP contribution is -2.39. The molecule has 2 aliphatic heterocycles. The van der Waals surface area contributed by atoms with Crippen LogP contribution in [0.15, 0.2) is 24.4 Å². The van der Waals surface area contributed by atoms with Crippen molar-refractivity contribution in [1.29, 1.82) is 0 Å². The van der Waals surface area contributed by atoms with Crippen LogP contribution in [-0.2, 0) is 9.59 Å². The topological polar surface area (TPSA) is 81.3 Å². The number of amides is 2. The van der Waals surface area contributed by atoms with E-state index in [1.165, 1.54) is 5.57 Å². The van der Waals surface area contributed by atoms with Crippen LogP contribution in [0.1, 0.15) is 31.2 Å². The summed E-state index contributed by atoms with van der Waals surface area (Å²) in [6.07, 6.45) is 7.75. The van der Waals surface area contributed by atoms with Crippen molar-refractivity contribution >= 4 is 34.2 Å². The molecular weight excluding hydrogens is 366 g/mol. The van der Waals surface area contributed by atoms with Crippen molar-refractivity contribution in [2.75, 3.05) is 38.5 Å². The van der Waals surface area contributed by atoms with E-state index in [2.05, 4.69) is 33.3 Å². The highest BCUT2D eigenvalue weighted by Gasteiger charge is 2.31. The van der Waals surface area contributed by atoms with Crippen molar-refractivity contribution in [2.45, 2.75) is 25.7 Å². The molecule has 4 heterocycles. The van der Waals surface area contributed by atoms with E-state index < -0.39 is 0 Å². The fraction of sp³-hybridized carbons (Fsp3) is 0.500. The van der Waals surface area contributed by atoms with Crippen molar-refractivity contribution in [3.05, 3.63) is 30.0 Å². The molecule has 0 spiro atoms. The van der Waals surface area contributed by atoms with E-state index in [9.17, 15) is 9.59 Å². The normalized spacial score (nSPS) is 22.7. The summed E-state index contributed by atoms with van der Waals surface area (Å²) in [5.41, 5.74) is 3.09. The van der Waals surface area contributed by atoms with Crippen molar-refractivity contribution in [2.24, 2.45) is 11.8 Å². The number of anilines is 1. The summed E-state index contributed by atoms with van der Waals surface area (Å²) in [5, 5.41) is 4.02. The molecule has 1 unspecified atom stereocenters. The minimum absolute atomic E-state index is 0.0604. The summed E-state index contributed by atoms with van der Waals surface area (Å²) in [7, 11) is 2.08. The monoisotopic (exact) mass is 393 g/mol. The Labute approximate surface area is 170 Å². The van der Waals surface area contributed by atoms with Crippen molar-refractivity contribution in [1.82, 2.24) is 19.8 Å². The number of nitrogens with zero attached hydrogens (tertiary/aromatic N) is 3. The SMILES string of the molecule is CN1CCC(C(=O)N2CC=C(c3cc(NC(=O)C4CC4)nc4[nH]ccc34)CC2)C1. The maximum absolute atomic E-state index is 12.8. The lowest BCUT2D eigenvalue weighted by atomic mass is 9.96. The minimum atomic E-state index is 0.0604. The molecule has 152 valence electrons. The molecule has 7 heteroatoms. The van der Waals surface area contributed by atoms with Crippen LogP contribution in [0.25, 0.3) is 16.6 Å². The van der Waals surface area contributed by atoms with E-state index >= 15 is 0 Å². The number of pyridine rings is 1. The molecule has 3 aliphatic rings. The third-order valence-corrected chi connectivity index (χ3v) is 6.34. The Morgan fingerprint density at radius 1 is 1.21 bits per heavy atom. The third-order valence-electron chi connectivity index (χ3n) is 6.34. The van der Waals surface area contributed by atoms with Gasteiger partial charge < -0.3 is 20.1 Å². The summed E-state index contributed by atoms with van der Waals surface area (Å²) in [5.74, 6) is 1.22. The first-order valence-corrected chi connectivity index (χ1v) is 10.5. The van der Waals surface area contributed by atoms with Gasteiger partial charge in [0.2, 0.25) is 11.8 Å². The standard InChI is InChI=1S/C22H27N5O2/c1-26-9-5-16(13-26)22(29)27-10-6-14(7-11-27)18-12-19(25-21(28)15-2-3-15)24-20-17(18)4-8-23-20/h4,6,8,12,15-16H,2-3,5,7,9-11,13H2,1H3,(H2,23,24,25,28). The number of hydrogen-bond acceptors (Lipinski definition) is 4. The Hall–Kier alpha value is -2.67. The number of carbonyl (C=O) groups is 2. The fourth-order valence-electron chi connectivity index (χ4n) is 4.45. The Kier molecular flexibility index (Phi) is 4.62. The molecule has 7 nitrogen and oxygen atoms in total. The lowest BCUT2D eigenvalue weighted by Gasteiger charge is -2.29. The summed E-state index contributed by atoms with van der Waals surface area (Å²) in [6.45, 7) is 3.25. The van der Waals surface area contributed by atoms with Gasteiger partial charge in [-0.2, -0.15) is 0 Å². The van der Waals surface area contributed by atoms with Gasteiger partial charge in [-0.1, -0.05) is 6.08 Å². The van der Waals surface area contributed by atoms with Crippen LogP contribution < -0.4 is 5.32 Å². The third kappa shape index (κ3) is 3.67. The summed E-state index contributed by atoms with van der Waals surface area (Å²) in [4.78, 5) is 36.9. The zero-order chi connectivity index (χ0) is 20.0. The second-order valence-electron chi connectivity index (χ2n) is 8.57. The van der Waals surface area contributed by atoms with E-state index in [4.69, 9.17) is 0 Å². The maximum atomic E-state index is 12.8. The maximum Gasteiger partial charge on any atom is 0.228 e. The Bertz CT molecular complexity index is 990. The molecule has 2 fully saturated rings. The molecular formula is C22H27N5O2. The number of aromatic amines is 1. The molecule has 0 aromatic carbocycles. The van der Waals surface area contributed by atoms with E-state index in [-0.39, 0.29) is 23.7 Å². The smallest absolute Gasteiger partial charge is 0.228 e. The van der Waals surface area contributed by atoms with Gasteiger partial charge in [0.1, 0.15) is 11.5 Å². The highest BCUT2D eigenvalue weighted by molar-refractivity contribution is 5.97. The molecule has 0 radical (unpaired) electrons. The second kappa shape index (κ2) is 7.30. The highest BCUT2D eigenvalue weighted by Crippen LogP contribution is 2.33. The van der Waals surface area contributed by atoms with Crippen molar-refractivity contribution in [3.8, 4) is 0 Å². The molecule has 0 bridgehead atoms.